The first kappa shape index (κ1) is 25.8. The van der Waals surface area contributed by atoms with Crippen LogP contribution in [-0.2, 0) is 33.3 Å². The van der Waals surface area contributed by atoms with Crippen molar-refractivity contribution < 1.29 is 38.1 Å². The van der Waals surface area contributed by atoms with Crippen LogP contribution in [0.2, 0.25) is 0 Å². The Balaban J connectivity index is 2.16. The Hall–Kier alpha value is -2.45. The fraction of sp³-hybridized carbons (Fsp3) is 0.625. The molecule has 4 atom stereocenters. The summed E-state index contributed by atoms with van der Waals surface area (Å²) in [5.74, 6) is -1.41. The summed E-state index contributed by atoms with van der Waals surface area (Å²) in [5, 5.41) is 0. The van der Waals surface area contributed by atoms with E-state index < -0.39 is 53.3 Å². The molecule has 0 unspecified atom stereocenters. The Morgan fingerprint density at radius 2 is 1.50 bits per heavy atom. The molecule has 1 fully saturated rings. The highest BCUT2D eigenvalue weighted by Crippen LogP contribution is 2.30. The minimum Gasteiger partial charge on any atom is -0.459 e. The van der Waals surface area contributed by atoms with E-state index in [4.69, 9.17) is 23.7 Å². The fourth-order valence-corrected chi connectivity index (χ4v) is 2.88. The summed E-state index contributed by atoms with van der Waals surface area (Å²) < 4.78 is 28.0. The predicted octanol–water partition coefficient (Wildman–Crippen LogP) is 3.52. The first-order chi connectivity index (χ1) is 14.8. The third kappa shape index (κ3) is 7.03. The second kappa shape index (κ2) is 10.4. The van der Waals surface area contributed by atoms with Gasteiger partial charge in [0.1, 0.15) is 12.7 Å². The molecule has 0 radical (unpaired) electrons. The summed E-state index contributed by atoms with van der Waals surface area (Å²) in [4.78, 5) is 37.4. The van der Waals surface area contributed by atoms with Gasteiger partial charge in [-0.05, 0) is 53.7 Å². The van der Waals surface area contributed by atoms with E-state index in [2.05, 4.69) is 0 Å². The summed E-state index contributed by atoms with van der Waals surface area (Å²) in [7, 11) is 1.41. The molecule has 8 heteroatoms. The molecule has 0 aromatic heterocycles. The lowest BCUT2D eigenvalue weighted by molar-refractivity contribution is -0.275. The van der Waals surface area contributed by atoms with Gasteiger partial charge in [0.2, 0.25) is 0 Å². The van der Waals surface area contributed by atoms with Crippen molar-refractivity contribution >= 4 is 17.9 Å². The largest absolute Gasteiger partial charge is 0.459 e. The van der Waals surface area contributed by atoms with Crippen LogP contribution in [0.3, 0.4) is 0 Å². The normalized spacial score (nSPS) is 23.8. The molecule has 2 rings (SSSR count). The van der Waals surface area contributed by atoms with Crippen molar-refractivity contribution in [3.8, 4) is 0 Å². The molecule has 0 amide bonds. The molecule has 0 bridgehead atoms. The minimum atomic E-state index is -0.992. The second-order valence-corrected chi connectivity index (χ2v) is 9.88. The van der Waals surface area contributed by atoms with Crippen LogP contribution in [0.25, 0.3) is 0 Å². The summed E-state index contributed by atoms with van der Waals surface area (Å²) in [6.07, 6.45) is -3.22. The van der Waals surface area contributed by atoms with Gasteiger partial charge in [-0.15, -0.1) is 0 Å². The molecule has 0 aliphatic carbocycles. The number of carbonyl (C=O) groups is 3. The maximum absolute atomic E-state index is 12.6. The molecule has 32 heavy (non-hydrogen) atoms. The van der Waals surface area contributed by atoms with Gasteiger partial charge >= 0.3 is 17.9 Å². The number of methoxy groups -OCH3 is 1. The molecular weight excluding hydrogens is 416 g/mol. The molecular formula is C24H34O8. The first-order valence-corrected chi connectivity index (χ1v) is 10.7. The van der Waals surface area contributed by atoms with E-state index in [-0.39, 0.29) is 13.0 Å². The third-order valence-electron chi connectivity index (χ3n) is 4.82. The van der Waals surface area contributed by atoms with Crippen LogP contribution < -0.4 is 0 Å². The van der Waals surface area contributed by atoms with Gasteiger partial charge in [0.25, 0.3) is 0 Å². The minimum absolute atomic E-state index is 0.0723. The predicted molar refractivity (Wildman–Crippen MR) is 116 cm³/mol. The second-order valence-electron chi connectivity index (χ2n) is 9.88. The lowest BCUT2D eigenvalue weighted by Gasteiger charge is -2.41. The van der Waals surface area contributed by atoms with E-state index in [1.165, 1.54) is 7.11 Å². The monoisotopic (exact) mass is 450 g/mol. The van der Waals surface area contributed by atoms with Crippen molar-refractivity contribution in [2.75, 3.05) is 13.7 Å². The van der Waals surface area contributed by atoms with Crippen molar-refractivity contribution in [2.45, 2.75) is 72.6 Å². The average Bonchev–Trinajstić information content (AvgIpc) is 2.72. The van der Waals surface area contributed by atoms with E-state index >= 15 is 0 Å². The maximum Gasteiger partial charge on any atom is 0.338 e. The Kier molecular flexibility index (Phi) is 8.42. The van der Waals surface area contributed by atoms with Gasteiger partial charge in [-0.1, -0.05) is 18.2 Å². The maximum atomic E-state index is 12.6. The summed E-state index contributed by atoms with van der Waals surface area (Å²) in [6.45, 7) is 10.3. The number of benzene rings is 1. The lowest BCUT2D eigenvalue weighted by Crippen LogP contribution is -2.55. The van der Waals surface area contributed by atoms with Gasteiger partial charge in [-0.2, -0.15) is 0 Å². The molecule has 0 N–H and O–H groups in total. The lowest BCUT2D eigenvalue weighted by atomic mass is 9.95. The van der Waals surface area contributed by atoms with Crippen LogP contribution in [0.5, 0.6) is 0 Å². The first-order valence-electron chi connectivity index (χ1n) is 10.7. The van der Waals surface area contributed by atoms with Crippen LogP contribution in [0, 0.1) is 10.8 Å². The highest BCUT2D eigenvalue weighted by molar-refractivity contribution is 5.89. The molecule has 0 saturated carbocycles. The van der Waals surface area contributed by atoms with Crippen molar-refractivity contribution in [3.05, 3.63) is 35.9 Å². The molecule has 1 aliphatic heterocycles. The molecule has 1 aliphatic rings. The topological polar surface area (TPSA) is 97.4 Å². The molecule has 1 heterocycles. The van der Waals surface area contributed by atoms with Crippen LogP contribution in [0.4, 0.5) is 0 Å². The number of rotatable bonds is 6. The molecule has 1 aromatic carbocycles. The quantitative estimate of drug-likeness (QED) is 0.480. The number of hydrogen-bond acceptors (Lipinski definition) is 8. The zero-order chi connectivity index (χ0) is 24.1. The Bertz CT molecular complexity index is 790. The molecule has 1 aromatic rings. The zero-order valence-corrected chi connectivity index (χ0v) is 19.9. The SMILES string of the molecule is CO[C@H]1O[C@H](COC(=O)c2ccccc2)C[C@H](OC(=O)C(C)(C)C)[C@@H]1OC(=O)C(C)(C)C. The van der Waals surface area contributed by atoms with Gasteiger partial charge in [-0.3, -0.25) is 9.59 Å². The van der Waals surface area contributed by atoms with Crippen LogP contribution in [0.1, 0.15) is 58.3 Å². The van der Waals surface area contributed by atoms with Gasteiger partial charge in [0.15, 0.2) is 12.4 Å². The van der Waals surface area contributed by atoms with Gasteiger partial charge in [0.05, 0.1) is 22.5 Å². The van der Waals surface area contributed by atoms with E-state index in [0.29, 0.717) is 5.56 Å². The zero-order valence-electron chi connectivity index (χ0n) is 19.9. The number of esters is 3. The molecule has 0 spiro atoms. The van der Waals surface area contributed by atoms with Crippen LogP contribution in [-0.4, -0.2) is 56.2 Å². The van der Waals surface area contributed by atoms with Gasteiger partial charge in [-0.25, -0.2) is 4.79 Å². The Morgan fingerprint density at radius 3 is 2.03 bits per heavy atom. The van der Waals surface area contributed by atoms with E-state index in [0.717, 1.165) is 0 Å². The summed E-state index contributed by atoms with van der Waals surface area (Å²) in [5.41, 5.74) is -1.10. The molecule has 1 saturated heterocycles. The van der Waals surface area contributed by atoms with Gasteiger partial charge in [0, 0.05) is 13.5 Å². The Morgan fingerprint density at radius 1 is 0.938 bits per heavy atom. The van der Waals surface area contributed by atoms with E-state index in [1.54, 1.807) is 71.9 Å². The van der Waals surface area contributed by atoms with Crippen LogP contribution >= 0.6 is 0 Å². The number of ether oxygens (including phenoxy) is 5. The summed E-state index contributed by atoms with van der Waals surface area (Å²) >= 11 is 0. The van der Waals surface area contributed by atoms with E-state index in [1.807, 2.05) is 0 Å². The highest BCUT2D eigenvalue weighted by atomic mass is 16.7. The third-order valence-corrected chi connectivity index (χ3v) is 4.82. The molecule has 178 valence electrons. The summed E-state index contributed by atoms with van der Waals surface area (Å²) in [6, 6.07) is 8.59. The number of carbonyl (C=O) groups excluding carboxylic acids is 3. The van der Waals surface area contributed by atoms with Crippen molar-refractivity contribution in [3.63, 3.8) is 0 Å². The average molecular weight is 451 g/mol. The van der Waals surface area contributed by atoms with Crippen molar-refractivity contribution in [2.24, 2.45) is 10.8 Å². The number of hydrogen-bond donors (Lipinski definition) is 0. The van der Waals surface area contributed by atoms with Crippen molar-refractivity contribution in [1.29, 1.82) is 0 Å². The highest BCUT2D eigenvalue weighted by Gasteiger charge is 2.46. The van der Waals surface area contributed by atoms with Gasteiger partial charge < -0.3 is 23.7 Å². The molecule has 8 nitrogen and oxygen atoms in total. The van der Waals surface area contributed by atoms with Crippen LogP contribution in [0.15, 0.2) is 30.3 Å². The smallest absolute Gasteiger partial charge is 0.338 e. The standard InChI is InChI=1S/C24H34O8/c1-23(2,3)21(26)31-17-13-16(14-29-19(25)15-11-9-8-10-12-15)30-20(28-7)18(17)32-22(27)24(4,5)6/h8-12,16-18,20H,13-14H2,1-7H3/t16-,17-,18-,20-/m0/s1. The van der Waals surface area contributed by atoms with E-state index in [9.17, 15) is 14.4 Å². The Labute approximate surface area is 189 Å². The van der Waals surface area contributed by atoms with Crippen molar-refractivity contribution in [1.82, 2.24) is 0 Å². The fourth-order valence-electron chi connectivity index (χ4n) is 2.88.